The van der Waals surface area contributed by atoms with E-state index in [1.165, 1.54) is 18.2 Å². The van der Waals surface area contributed by atoms with Gasteiger partial charge in [0, 0.05) is 11.1 Å². The molecule has 5 rings (SSSR count). The van der Waals surface area contributed by atoms with Gasteiger partial charge in [-0.05, 0) is 28.1 Å². The molecular formula is C20H12N4Na2O12S4. The molecule has 210 valence electrons. The first-order chi connectivity index (χ1) is 18.6. The topological polar surface area (TPSA) is 271 Å². The van der Waals surface area contributed by atoms with Crippen LogP contribution in [0.4, 0.5) is 0 Å². The Labute approximate surface area is 284 Å². The second kappa shape index (κ2) is 15.4. The number of fused-ring (bicyclic) bond motifs is 2. The Morgan fingerprint density at radius 1 is 0.786 bits per heavy atom. The maximum absolute atomic E-state index is 11.5. The summed E-state index contributed by atoms with van der Waals surface area (Å²) in [5.41, 5.74) is 2.62. The Morgan fingerprint density at radius 2 is 1.29 bits per heavy atom. The number of benzene rings is 3. The van der Waals surface area contributed by atoms with Crippen LogP contribution in [0.3, 0.4) is 0 Å². The van der Waals surface area contributed by atoms with Gasteiger partial charge < -0.3 is 14.5 Å². The van der Waals surface area contributed by atoms with Gasteiger partial charge in [0.1, 0.15) is 27.3 Å². The molecule has 0 aliphatic heterocycles. The zero-order valence-corrected chi connectivity index (χ0v) is 28.4. The van der Waals surface area contributed by atoms with E-state index in [1.807, 2.05) is 0 Å². The number of aromatic nitrogens is 4. The fourth-order valence-corrected chi connectivity index (χ4v) is 4.44. The number of nitrogens with one attached hydrogen (secondary N) is 2. The van der Waals surface area contributed by atoms with Gasteiger partial charge >= 0.3 is 80.3 Å². The molecule has 0 radical (unpaired) electrons. The molecule has 0 spiro atoms. The quantitative estimate of drug-likeness (QED) is 0.0913. The van der Waals surface area contributed by atoms with Gasteiger partial charge in [-0.2, -0.15) is 12.1 Å². The van der Waals surface area contributed by atoms with Crippen LogP contribution >= 0.6 is 0 Å². The van der Waals surface area contributed by atoms with E-state index in [4.69, 9.17) is 25.3 Å². The van der Waals surface area contributed by atoms with Crippen LogP contribution in [0.25, 0.3) is 44.8 Å². The monoisotopic (exact) mass is 674 g/mol. The largest absolute Gasteiger partial charge is 1.00 e. The molecule has 2 aromatic heterocycles. The first-order valence-electron chi connectivity index (χ1n) is 10.0. The van der Waals surface area contributed by atoms with Crippen molar-refractivity contribution >= 4 is 63.5 Å². The Morgan fingerprint density at radius 3 is 1.76 bits per heavy atom. The van der Waals surface area contributed by atoms with Gasteiger partial charge in [-0.1, -0.05) is 30.3 Å². The maximum atomic E-state index is 11.5. The van der Waals surface area contributed by atoms with Gasteiger partial charge in [0.25, 0.3) is 0 Å². The third kappa shape index (κ3) is 10.1. The number of nitrogens with zero attached hydrogens (tertiary/aromatic N) is 2. The van der Waals surface area contributed by atoms with Crippen molar-refractivity contribution in [3.05, 3.63) is 60.7 Å². The van der Waals surface area contributed by atoms with Gasteiger partial charge in [-0.15, -0.1) is 31.3 Å². The van der Waals surface area contributed by atoms with Crippen LogP contribution in [0.5, 0.6) is 0 Å². The van der Waals surface area contributed by atoms with Crippen molar-refractivity contribution in [1.29, 1.82) is 0 Å². The summed E-state index contributed by atoms with van der Waals surface area (Å²) < 4.78 is 117. The molecule has 0 fully saturated rings. The van der Waals surface area contributed by atoms with Crippen LogP contribution in [0.2, 0.25) is 0 Å². The standard InChI is InChI=1S/C20H13N4O6S2.2Na.2O3S/c25-31(26,27)13-8-9-14-16(10-13)23-19(21-14)11-4-6-12(7-5-11)20-22-15-2-1-3-17(18(15)24-20)32(28,29)30;;;2*1-4(2)3/h1-8,10H,(H,21,23)(H,22,24)(H,25,26,27)(H,28,29,30);;;;/q-1;2*+1;;/p-1. The number of H-pyrrole nitrogens is 2. The molecule has 0 atom stereocenters. The fraction of sp³-hybridized carbons (Fsp3) is 0. The first-order valence-corrected chi connectivity index (χ1v) is 14.9. The molecule has 0 aliphatic carbocycles. The SMILES string of the molecule is O=S(=O)([O-])c1cccc2[nH]c(-c3ccc(-c4nc5cc(S(=O)(=O)O)c[c-]c5[nH]4)cc3)nc12.O=S(=O)=O.O=S(=O)=O.[Na+].[Na+]. The molecular weight excluding hydrogens is 662 g/mol. The summed E-state index contributed by atoms with van der Waals surface area (Å²) in [4.78, 5) is 14.0. The molecule has 0 aliphatic rings. The van der Waals surface area contributed by atoms with Gasteiger partial charge in [-0.25, -0.2) is 21.8 Å². The molecule has 0 saturated heterocycles. The minimum absolute atomic E-state index is 0. The predicted octanol–water partition coefficient (Wildman–Crippen LogP) is -5.28. The van der Waals surface area contributed by atoms with E-state index in [2.05, 4.69) is 26.0 Å². The molecule has 22 heteroatoms. The van der Waals surface area contributed by atoms with Crippen LogP contribution in [0, 0.1) is 6.07 Å². The van der Waals surface area contributed by atoms with E-state index in [0.717, 1.165) is 6.07 Å². The Kier molecular flexibility index (Phi) is 13.8. The van der Waals surface area contributed by atoms with Crippen LogP contribution < -0.4 is 59.1 Å². The third-order valence-electron chi connectivity index (χ3n) is 4.84. The predicted molar refractivity (Wildman–Crippen MR) is 133 cm³/mol. The van der Waals surface area contributed by atoms with Crippen LogP contribution in [-0.2, 0) is 41.5 Å². The van der Waals surface area contributed by atoms with Crippen molar-refractivity contribution in [2.24, 2.45) is 0 Å². The zero-order chi connectivity index (χ0) is 29.8. The summed E-state index contributed by atoms with van der Waals surface area (Å²) >= 11 is 0. The van der Waals surface area contributed by atoms with Crippen LogP contribution in [0.15, 0.2) is 64.4 Å². The summed E-state index contributed by atoms with van der Waals surface area (Å²) in [7, 11) is -15.3. The van der Waals surface area contributed by atoms with Crippen molar-refractivity contribution in [3.63, 3.8) is 0 Å². The minimum atomic E-state index is -4.67. The molecule has 0 amide bonds. The van der Waals surface area contributed by atoms with Gasteiger partial charge in [0.05, 0.1) is 10.4 Å². The number of hydrogen-bond acceptors (Lipinski definition) is 13. The summed E-state index contributed by atoms with van der Waals surface area (Å²) in [6.07, 6.45) is 0. The number of para-hydroxylation sites is 1. The van der Waals surface area contributed by atoms with E-state index in [0.29, 0.717) is 39.3 Å². The Balaban J connectivity index is 0.000000789. The molecule has 2 heterocycles. The van der Waals surface area contributed by atoms with Gasteiger partial charge in [0.15, 0.2) is 0 Å². The molecule has 3 N–H and O–H groups in total. The molecule has 16 nitrogen and oxygen atoms in total. The smallest absolute Gasteiger partial charge is 0.744 e. The second-order valence-electron chi connectivity index (χ2n) is 7.33. The van der Waals surface area contributed by atoms with Crippen molar-refractivity contribution < 1.29 is 110 Å². The number of rotatable bonds is 4. The van der Waals surface area contributed by atoms with E-state index in [9.17, 15) is 25.9 Å². The summed E-state index contributed by atoms with van der Waals surface area (Å²) in [6, 6.07) is 16.4. The van der Waals surface area contributed by atoms with E-state index >= 15 is 0 Å². The number of hydrogen-bond donors (Lipinski definition) is 3. The third-order valence-corrected chi connectivity index (χ3v) is 6.54. The normalized spacial score (nSPS) is 10.7. The molecule has 0 saturated carbocycles. The summed E-state index contributed by atoms with van der Waals surface area (Å²) in [5, 5.41) is 0. The number of imidazole rings is 2. The zero-order valence-electron chi connectivity index (χ0n) is 21.2. The first kappa shape index (κ1) is 37.7. The Bertz CT molecular complexity index is 2140. The minimum Gasteiger partial charge on any atom is -0.744 e. The van der Waals surface area contributed by atoms with E-state index in [-0.39, 0.29) is 69.5 Å². The second-order valence-corrected chi connectivity index (χ2v) is 10.9. The average molecular weight is 675 g/mol. The summed E-state index contributed by atoms with van der Waals surface area (Å²) in [5.74, 6) is 0.845. The van der Waals surface area contributed by atoms with Crippen molar-refractivity contribution in [3.8, 4) is 22.8 Å². The van der Waals surface area contributed by atoms with E-state index < -0.39 is 46.3 Å². The molecule has 0 bridgehead atoms. The molecule has 5 aromatic rings. The Hall–Kier alpha value is -2.34. The molecule has 42 heavy (non-hydrogen) atoms. The number of aromatic amines is 2. The van der Waals surface area contributed by atoms with Crippen molar-refractivity contribution in [1.82, 2.24) is 19.9 Å². The molecule has 3 aromatic carbocycles. The maximum Gasteiger partial charge on any atom is 1.00 e. The van der Waals surface area contributed by atoms with Crippen molar-refractivity contribution in [2.45, 2.75) is 9.79 Å². The fourth-order valence-electron chi connectivity index (χ4n) is 3.34. The average Bonchev–Trinajstić information content (AvgIpc) is 3.46. The van der Waals surface area contributed by atoms with Gasteiger partial charge in [-0.3, -0.25) is 9.54 Å². The molecule has 0 unspecified atom stereocenters. The van der Waals surface area contributed by atoms with Crippen LogP contribution in [-0.4, -0.2) is 71.1 Å². The van der Waals surface area contributed by atoms with Gasteiger partial charge in [0.2, 0.25) is 10.1 Å². The van der Waals surface area contributed by atoms with E-state index in [1.54, 1.807) is 30.3 Å². The summed E-state index contributed by atoms with van der Waals surface area (Å²) in [6.45, 7) is 0. The van der Waals surface area contributed by atoms with Crippen LogP contribution in [0.1, 0.15) is 0 Å². The van der Waals surface area contributed by atoms with Crippen molar-refractivity contribution in [2.75, 3.05) is 0 Å².